The van der Waals surface area contributed by atoms with E-state index in [0.29, 0.717) is 5.82 Å². The maximum atomic E-state index is 6.08. The Morgan fingerprint density at radius 3 is 2.46 bits per heavy atom. The van der Waals surface area contributed by atoms with Crippen LogP contribution < -0.4 is 5.73 Å². The normalized spacial score (nSPS) is 11.0. The summed E-state index contributed by atoms with van der Waals surface area (Å²) in [6.45, 7) is 2.14. The number of hydrogen-bond donors (Lipinski definition) is 1. The minimum atomic E-state index is 0.458. The van der Waals surface area contributed by atoms with Crippen molar-refractivity contribution in [3.63, 3.8) is 0 Å². The van der Waals surface area contributed by atoms with Gasteiger partial charge in [0, 0.05) is 18.1 Å². The van der Waals surface area contributed by atoms with Gasteiger partial charge in [0.15, 0.2) is 11.5 Å². The number of rotatable bonds is 3. The molecule has 0 aliphatic carbocycles. The van der Waals surface area contributed by atoms with Crippen LogP contribution in [0.4, 0.5) is 5.82 Å². The number of hydrogen-bond acceptors (Lipinski definition) is 4. The van der Waals surface area contributed by atoms with Gasteiger partial charge in [0.2, 0.25) is 0 Å². The molecule has 0 atom stereocenters. The van der Waals surface area contributed by atoms with Crippen LogP contribution in [0, 0.1) is 0 Å². The van der Waals surface area contributed by atoms with E-state index in [9.17, 15) is 0 Å². The molecule has 1 aromatic carbocycles. The van der Waals surface area contributed by atoms with E-state index in [2.05, 4.69) is 41.2 Å². The van der Waals surface area contributed by atoms with Gasteiger partial charge in [-0.1, -0.05) is 19.1 Å². The van der Waals surface area contributed by atoms with Crippen LogP contribution in [0.3, 0.4) is 0 Å². The van der Waals surface area contributed by atoms with Gasteiger partial charge in [-0.2, -0.15) is 0 Å². The monoisotopic (exact) mass is 315 g/mol. The maximum Gasteiger partial charge on any atom is 0.164 e. The number of fused-ring (bicyclic) bond motifs is 1. The number of aromatic nitrogens is 4. The first kappa shape index (κ1) is 14.4. The van der Waals surface area contributed by atoms with Gasteiger partial charge in [-0.05, 0) is 48.4 Å². The summed E-state index contributed by atoms with van der Waals surface area (Å²) in [6.07, 6.45) is 4.46. The van der Waals surface area contributed by atoms with Crippen molar-refractivity contribution >= 4 is 17.0 Å². The lowest BCUT2D eigenvalue weighted by Crippen LogP contribution is -2.02. The molecule has 0 unspecified atom stereocenters. The van der Waals surface area contributed by atoms with Crippen LogP contribution in [0.5, 0.6) is 0 Å². The first-order valence-electron chi connectivity index (χ1n) is 7.91. The predicted octanol–water partition coefficient (Wildman–Crippen LogP) is 3.63. The summed E-state index contributed by atoms with van der Waals surface area (Å²) in [5.41, 5.74) is 10.8. The van der Waals surface area contributed by atoms with Crippen molar-refractivity contribution in [1.82, 2.24) is 19.5 Å². The molecule has 0 amide bonds. The van der Waals surface area contributed by atoms with E-state index in [1.165, 1.54) is 5.56 Å². The van der Waals surface area contributed by atoms with Crippen molar-refractivity contribution in [3.05, 3.63) is 66.5 Å². The molecule has 4 rings (SSSR count). The number of imidazole rings is 1. The summed E-state index contributed by atoms with van der Waals surface area (Å²) >= 11 is 0. The van der Waals surface area contributed by atoms with Crippen molar-refractivity contribution < 1.29 is 0 Å². The topological polar surface area (TPSA) is 69.6 Å². The minimum absolute atomic E-state index is 0.458. The third kappa shape index (κ3) is 2.31. The Morgan fingerprint density at radius 2 is 1.71 bits per heavy atom. The Labute approximate surface area is 139 Å². The van der Waals surface area contributed by atoms with Crippen LogP contribution in [0.15, 0.2) is 60.9 Å². The molecule has 0 aliphatic rings. The molecule has 24 heavy (non-hydrogen) atoms. The van der Waals surface area contributed by atoms with Gasteiger partial charge in [-0.15, -0.1) is 0 Å². The smallest absolute Gasteiger partial charge is 0.164 e. The molecule has 118 valence electrons. The third-order valence-corrected chi connectivity index (χ3v) is 4.10. The zero-order valence-corrected chi connectivity index (χ0v) is 13.3. The van der Waals surface area contributed by atoms with Crippen LogP contribution >= 0.6 is 0 Å². The Morgan fingerprint density at radius 1 is 0.958 bits per heavy atom. The SMILES string of the molecule is CCc1ccc(-n2c(-c3cccnc3N)nc3cccnc32)cc1. The molecule has 0 fully saturated rings. The first-order chi connectivity index (χ1) is 11.8. The molecule has 0 saturated carbocycles. The first-order valence-corrected chi connectivity index (χ1v) is 7.91. The van der Waals surface area contributed by atoms with Gasteiger partial charge >= 0.3 is 0 Å². The van der Waals surface area contributed by atoms with E-state index in [4.69, 9.17) is 10.7 Å². The van der Waals surface area contributed by atoms with Crippen molar-refractivity contribution in [2.24, 2.45) is 0 Å². The van der Waals surface area contributed by atoms with Crippen molar-refractivity contribution in [2.75, 3.05) is 5.73 Å². The lowest BCUT2D eigenvalue weighted by atomic mass is 10.1. The van der Waals surface area contributed by atoms with Crippen LogP contribution in [-0.2, 0) is 6.42 Å². The predicted molar refractivity (Wildman–Crippen MR) is 95.9 cm³/mol. The van der Waals surface area contributed by atoms with E-state index < -0.39 is 0 Å². The summed E-state index contributed by atoms with van der Waals surface area (Å²) in [5, 5.41) is 0. The number of anilines is 1. The van der Waals surface area contributed by atoms with E-state index >= 15 is 0 Å². The molecule has 5 heteroatoms. The van der Waals surface area contributed by atoms with E-state index in [1.807, 2.05) is 28.8 Å². The summed E-state index contributed by atoms with van der Waals surface area (Å²) in [4.78, 5) is 13.5. The zero-order valence-electron chi connectivity index (χ0n) is 13.3. The average Bonchev–Trinajstić information content (AvgIpc) is 3.01. The number of nitrogens with zero attached hydrogens (tertiary/aromatic N) is 4. The Balaban J connectivity index is 2.01. The van der Waals surface area contributed by atoms with Gasteiger partial charge in [0.05, 0.1) is 5.56 Å². The van der Waals surface area contributed by atoms with Gasteiger partial charge in [-0.3, -0.25) is 4.57 Å². The van der Waals surface area contributed by atoms with Crippen LogP contribution in [0.1, 0.15) is 12.5 Å². The molecule has 5 nitrogen and oxygen atoms in total. The van der Waals surface area contributed by atoms with E-state index in [-0.39, 0.29) is 0 Å². The van der Waals surface area contributed by atoms with Crippen molar-refractivity contribution in [3.8, 4) is 17.1 Å². The molecule has 2 N–H and O–H groups in total. The highest BCUT2D eigenvalue weighted by molar-refractivity contribution is 5.82. The van der Waals surface area contributed by atoms with Crippen molar-refractivity contribution in [1.29, 1.82) is 0 Å². The van der Waals surface area contributed by atoms with Gasteiger partial charge in [0.25, 0.3) is 0 Å². The number of benzene rings is 1. The number of nitrogens with two attached hydrogens (primary N) is 1. The highest BCUT2D eigenvalue weighted by Gasteiger charge is 2.17. The molecule has 0 spiro atoms. The lowest BCUT2D eigenvalue weighted by Gasteiger charge is -2.10. The van der Waals surface area contributed by atoms with Gasteiger partial charge in [-0.25, -0.2) is 15.0 Å². The van der Waals surface area contributed by atoms with E-state index in [0.717, 1.165) is 34.7 Å². The molecule has 0 aliphatic heterocycles. The summed E-state index contributed by atoms with van der Waals surface area (Å²) in [7, 11) is 0. The molecule has 0 bridgehead atoms. The van der Waals surface area contributed by atoms with Crippen molar-refractivity contribution in [2.45, 2.75) is 13.3 Å². The number of pyridine rings is 2. The molecular formula is C19H17N5. The van der Waals surface area contributed by atoms with Gasteiger partial charge < -0.3 is 5.73 Å². The van der Waals surface area contributed by atoms with Crippen LogP contribution in [0.2, 0.25) is 0 Å². The number of nitrogen functional groups attached to an aromatic ring is 1. The molecule has 0 saturated heterocycles. The Bertz CT molecular complexity index is 1000. The highest BCUT2D eigenvalue weighted by atomic mass is 15.1. The molecular weight excluding hydrogens is 298 g/mol. The molecule has 3 heterocycles. The lowest BCUT2D eigenvalue weighted by molar-refractivity contribution is 1.06. The zero-order chi connectivity index (χ0) is 16.5. The summed E-state index contributed by atoms with van der Waals surface area (Å²) in [5.74, 6) is 1.21. The second kappa shape index (κ2) is 5.77. The Hall–Kier alpha value is -3.21. The standard InChI is InChI=1S/C19H17N5/c1-2-13-7-9-14(10-8-13)24-18(15-5-3-11-21-17(15)20)23-16-6-4-12-22-19(16)24/h3-12H,2H2,1H3,(H2,20,21). The third-order valence-electron chi connectivity index (χ3n) is 4.10. The highest BCUT2D eigenvalue weighted by Crippen LogP contribution is 2.29. The summed E-state index contributed by atoms with van der Waals surface area (Å²) in [6, 6.07) is 16.1. The largest absolute Gasteiger partial charge is 0.383 e. The summed E-state index contributed by atoms with van der Waals surface area (Å²) < 4.78 is 2.03. The fourth-order valence-electron chi connectivity index (χ4n) is 2.83. The maximum absolute atomic E-state index is 6.08. The second-order valence-corrected chi connectivity index (χ2v) is 5.57. The average molecular weight is 315 g/mol. The quantitative estimate of drug-likeness (QED) is 0.627. The fraction of sp³-hybridized carbons (Fsp3) is 0.105. The van der Waals surface area contributed by atoms with Crippen LogP contribution in [-0.4, -0.2) is 19.5 Å². The van der Waals surface area contributed by atoms with Gasteiger partial charge in [0.1, 0.15) is 11.3 Å². The fourth-order valence-corrected chi connectivity index (χ4v) is 2.83. The molecule has 4 aromatic rings. The number of aryl methyl sites for hydroxylation is 1. The Kier molecular flexibility index (Phi) is 3.46. The minimum Gasteiger partial charge on any atom is -0.383 e. The van der Waals surface area contributed by atoms with E-state index in [1.54, 1.807) is 12.4 Å². The second-order valence-electron chi connectivity index (χ2n) is 5.57. The molecule has 0 radical (unpaired) electrons. The molecule has 3 aromatic heterocycles. The van der Waals surface area contributed by atoms with Crippen LogP contribution in [0.25, 0.3) is 28.2 Å².